The monoisotopic (exact) mass is 690 g/mol. The fourth-order valence-corrected chi connectivity index (χ4v) is 8.84. The van der Waals surface area contributed by atoms with Gasteiger partial charge < -0.3 is 13.6 Å². The maximum atomic E-state index is 6.95. The molecule has 54 heavy (non-hydrogen) atoms. The van der Waals surface area contributed by atoms with Crippen molar-refractivity contribution < 1.29 is 4.42 Å². The van der Waals surface area contributed by atoms with Crippen LogP contribution >= 0.6 is 0 Å². The molecule has 0 bridgehead atoms. The molecular weight excluding hydrogens is 661 g/mol. The first-order valence-electron chi connectivity index (χ1n) is 18.3. The Bertz CT molecular complexity index is 3440. The molecular formula is C49H30N4O. The van der Waals surface area contributed by atoms with Crippen LogP contribution in [0.4, 0.5) is 0 Å². The third kappa shape index (κ3) is 3.95. The van der Waals surface area contributed by atoms with Gasteiger partial charge in [0.25, 0.3) is 0 Å². The van der Waals surface area contributed by atoms with Crippen molar-refractivity contribution in [2.75, 3.05) is 0 Å². The topological polar surface area (TPSA) is 40.8 Å². The minimum atomic E-state index is 0.879. The smallest absolute Gasteiger partial charge is 0.160 e. The third-order valence-corrected chi connectivity index (χ3v) is 11.0. The minimum Gasteiger partial charge on any atom is -0.454 e. The van der Waals surface area contributed by atoms with E-state index >= 15 is 0 Å². The molecule has 8 aromatic carbocycles. The van der Waals surface area contributed by atoms with Crippen LogP contribution in [0, 0.1) is 0 Å². The Labute approximate surface area is 309 Å². The fourth-order valence-electron chi connectivity index (χ4n) is 8.84. The first-order chi connectivity index (χ1) is 26.8. The number of hydrogen-bond donors (Lipinski definition) is 0. The van der Waals surface area contributed by atoms with Crippen molar-refractivity contribution in [3.05, 3.63) is 182 Å². The van der Waals surface area contributed by atoms with Crippen molar-refractivity contribution >= 4 is 76.6 Å². The van der Waals surface area contributed by atoms with Gasteiger partial charge in [-0.25, -0.2) is 4.98 Å². The zero-order valence-electron chi connectivity index (χ0n) is 29.0. The number of furan rings is 1. The van der Waals surface area contributed by atoms with Crippen molar-refractivity contribution in [1.29, 1.82) is 0 Å². The summed E-state index contributed by atoms with van der Waals surface area (Å²) in [5, 5.41) is 6.95. The molecule has 0 amide bonds. The van der Waals surface area contributed by atoms with Crippen molar-refractivity contribution in [2.45, 2.75) is 0 Å². The third-order valence-electron chi connectivity index (χ3n) is 11.0. The van der Waals surface area contributed by atoms with E-state index < -0.39 is 0 Å². The lowest BCUT2D eigenvalue weighted by atomic mass is 10.0. The normalized spacial score (nSPS) is 12.1. The van der Waals surface area contributed by atoms with Gasteiger partial charge in [0.15, 0.2) is 5.58 Å². The predicted molar refractivity (Wildman–Crippen MR) is 222 cm³/mol. The Morgan fingerprint density at radius 1 is 0.389 bits per heavy atom. The Hall–Kier alpha value is -7.37. The van der Waals surface area contributed by atoms with Gasteiger partial charge in [-0.3, -0.25) is 4.57 Å². The molecule has 12 rings (SSSR count). The highest BCUT2D eigenvalue weighted by Crippen LogP contribution is 2.49. The van der Waals surface area contributed by atoms with Gasteiger partial charge in [-0.15, -0.1) is 0 Å². The summed E-state index contributed by atoms with van der Waals surface area (Å²) in [6.07, 6.45) is 0. The molecule has 0 saturated carbocycles. The van der Waals surface area contributed by atoms with E-state index in [0.29, 0.717) is 0 Å². The number of fused-ring (bicyclic) bond motifs is 13. The Kier molecular flexibility index (Phi) is 5.99. The highest BCUT2D eigenvalue weighted by Gasteiger charge is 2.28. The standard InChI is InChI=1S/C49H30N4O/c1-3-17-32(18-4-1)51-40-27-12-8-23-36(40)45-46-43(44-37-24-9-14-29-42(37)54-48(44)47(45)51)35-22-7-11-26-39(35)52(46)34-21-15-16-31(30-34)49-50-38-25-10-13-28-41(38)53(49)33-19-5-2-6-20-33/h1-30H. The van der Waals surface area contributed by atoms with Crippen LogP contribution in [0.3, 0.4) is 0 Å². The molecule has 0 N–H and O–H groups in total. The van der Waals surface area contributed by atoms with Crippen LogP contribution < -0.4 is 0 Å². The van der Waals surface area contributed by atoms with Crippen LogP contribution in [0.15, 0.2) is 186 Å². The van der Waals surface area contributed by atoms with Gasteiger partial charge in [-0.2, -0.15) is 0 Å². The molecule has 0 aliphatic rings. The number of benzene rings is 8. The van der Waals surface area contributed by atoms with E-state index in [-0.39, 0.29) is 0 Å². The van der Waals surface area contributed by atoms with Crippen LogP contribution in [-0.4, -0.2) is 18.7 Å². The van der Waals surface area contributed by atoms with E-state index in [1.54, 1.807) is 0 Å². The number of aromatic nitrogens is 4. The second-order valence-electron chi connectivity index (χ2n) is 13.9. The van der Waals surface area contributed by atoms with Gasteiger partial charge in [-0.05, 0) is 66.7 Å². The maximum Gasteiger partial charge on any atom is 0.160 e. The van der Waals surface area contributed by atoms with Crippen LogP contribution in [0.1, 0.15) is 0 Å². The highest BCUT2D eigenvalue weighted by atomic mass is 16.3. The summed E-state index contributed by atoms with van der Waals surface area (Å²) in [4.78, 5) is 5.24. The summed E-state index contributed by atoms with van der Waals surface area (Å²) < 4.78 is 14.1. The van der Waals surface area contributed by atoms with Gasteiger partial charge in [0.05, 0.1) is 33.1 Å². The van der Waals surface area contributed by atoms with Crippen molar-refractivity contribution in [3.63, 3.8) is 0 Å². The van der Waals surface area contributed by atoms with E-state index in [4.69, 9.17) is 9.40 Å². The summed E-state index contributed by atoms with van der Waals surface area (Å²) in [5.74, 6) is 0.902. The zero-order chi connectivity index (χ0) is 35.3. The number of imidazole rings is 1. The van der Waals surface area contributed by atoms with Crippen molar-refractivity contribution in [2.24, 2.45) is 0 Å². The predicted octanol–water partition coefficient (Wildman–Crippen LogP) is 12.8. The molecule has 0 unspecified atom stereocenters. The van der Waals surface area contributed by atoms with Crippen LogP contribution in [0.5, 0.6) is 0 Å². The minimum absolute atomic E-state index is 0.879. The Balaban J connectivity index is 1.27. The summed E-state index contributed by atoms with van der Waals surface area (Å²) in [5.41, 5.74) is 12.6. The van der Waals surface area contributed by atoms with Crippen molar-refractivity contribution in [1.82, 2.24) is 18.7 Å². The molecule has 0 aliphatic carbocycles. The fraction of sp³-hybridized carbons (Fsp3) is 0. The summed E-state index contributed by atoms with van der Waals surface area (Å²) in [7, 11) is 0. The van der Waals surface area contributed by atoms with Crippen molar-refractivity contribution in [3.8, 4) is 28.5 Å². The molecule has 5 heteroatoms. The van der Waals surface area contributed by atoms with Gasteiger partial charge in [-0.1, -0.05) is 115 Å². The van der Waals surface area contributed by atoms with Crippen LogP contribution in [0.25, 0.3) is 105 Å². The molecule has 0 atom stereocenters. The largest absolute Gasteiger partial charge is 0.454 e. The maximum absolute atomic E-state index is 6.95. The molecule has 0 saturated heterocycles. The Morgan fingerprint density at radius 2 is 0.944 bits per heavy atom. The first-order valence-corrected chi connectivity index (χ1v) is 18.3. The Morgan fingerprint density at radius 3 is 1.69 bits per heavy atom. The lowest BCUT2D eigenvalue weighted by Gasteiger charge is -2.13. The highest BCUT2D eigenvalue weighted by molar-refractivity contribution is 6.39. The average molecular weight is 691 g/mol. The molecule has 5 nitrogen and oxygen atoms in total. The molecule has 0 fully saturated rings. The number of para-hydroxylation sites is 7. The summed E-state index contributed by atoms with van der Waals surface area (Å²) in [6.45, 7) is 0. The second-order valence-corrected chi connectivity index (χ2v) is 13.9. The molecule has 0 aliphatic heterocycles. The second kappa shape index (κ2) is 11.1. The van der Waals surface area contributed by atoms with E-state index in [0.717, 1.165) is 88.9 Å². The molecule has 252 valence electrons. The molecule has 0 spiro atoms. The van der Waals surface area contributed by atoms with Gasteiger partial charge in [0.2, 0.25) is 0 Å². The summed E-state index contributed by atoms with van der Waals surface area (Å²) in [6, 6.07) is 64.4. The lowest BCUT2D eigenvalue weighted by Crippen LogP contribution is -1.99. The molecule has 0 radical (unpaired) electrons. The van der Waals surface area contributed by atoms with Gasteiger partial charge in [0, 0.05) is 54.9 Å². The number of hydrogen-bond acceptors (Lipinski definition) is 2. The SMILES string of the molecule is c1ccc(-n2c(-c3cccc(-n4c5ccccc5c5c6c7ccccc7oc6c6c(c7ccccc7n6-c6ccccc6)c54)c3)nc3ccccc32)cc1. The van der Waals surface area contributed by atoms with E-state index in [9.17, 15) is 0 Å². The summed E-state index contributed by atoms with van der Waals surface area (Å²) >= 11 is 0. The van der Waals surface area contributed by atoms with E-state index in [2.05, 4.69) is 196 Å². The number of rotatable bonds is 4. The van der Waals surface area contributed by atoms with Crippen LogP contribution in [-0.2, 0) is 0 Å². The van der Waals surface area contributed by atoms with E-state index in [1.165, 1.54) is 16.2 Å². The molecule has 4 heterocycles. The molecule has 12 aromatic rings. The van der Waals surface area contributed by atoms with E-state index in [1.807, 2.05) is 0 Å². The van der Waals surface area contributed by atoms with Gasteiger partial charge >= 0.3 is 0 Å². The van der Waals surface area contributed by atoms with Crippen LogP contribution in [0.2, 0.25) is 0 Å². The average Bonchev–Trinajstić information content (AvgIpc) is 3.99. The molecule has 4 aromatic heterocycles. The zero-order valence-corrected chi connectivity index (χ0v) is 29.0. The lowest BCUT2D eigenvalue weighted by molar-refractivity contribution is 0.671. The quantitative estimate of drug-likeness (QED) is 0.184. The first kappa shape index (κ1) is 29.2. The van der Waals surface area contributed by atoms with Gasteiger partial charge in [0.1, 0.15) is 11.4 Å². The number of nitrogens with zero attached hydrogens (tertiary/aromatic N) is 4.